The van der Waals surface area contributed by atoms with E-state index in [0.717, 1.165) is 35.7 Å². The van der Waals surface area contributed by atoms with E-state index in [1.807, 2.05) is 35.4 Å². The number of urea groups is 1. The molecule has 1 saturated heterocycles. The first-order chi connectivity index (χ1) is 14.6. The van der Waals surface area contributed by atoms with Crippen molar-refractivity contribution in [3.8, 4) is 0 Å². The fourth-order valence-corrected chi connectivity index (χ4v) is 3.95. The van der Waals surface area contributed by atoms with Gasteiger partial charge in [0.1, 0.15) is 11.9 Å². The number of amides is 3. The van der Waals surface area contributed by atoms with Gasteiger partial charge in [-0.25, -0.2) is 9.18 Å². The van der Waals surface area contributed by atoms with Crippen LogP contribution in [0, 0.1) is 5.82 Å². The zero-order chi connectivity index (χ0) is 20.9. The molecule has 2 heterocycles. The minimum atomic E-state index is -0.712. The van der Waals surface area contributed by atoms with Crippen LogP contribution in [0.2, 0.25) is 0 Å². The number of carbonyl (C=O) groups is 2. The van der Waals surface area contributed by atoms with E-state index < -0.39 is 17.9 Å². The van der Waals surface area contributed by atoms with Crippen LogP contribution in [0.4, 0.5) is 14.9 Å². The number of halogens is 1. The van der Waals surface area contributed by atoms with Crippen molar-refractivity contribution in [1.82, 2.24) is 15.2 Å². The molecule has 7 heteroatoms. The molecule has 3 N–H and O–H groups in total. The summed E-state index contributed by atoms with van der Waals surface area (Å²) in [6.45, 7) is 1.41. The molecule has 1 aliphatic rings. The van der Waals surface area contributed by atoms with E-state index in [9.17, 15) is 14.0 Å². The quantitative estimate of drug-likeness (QED) is 0.596. The number of rotatable bonds is 5. The van der Waals surface area contributed by atoms with E-state index in [-0.39, 0.29) is 5.91 Å². The van der Waals surface area contributed by atoms with E-state index >= 15 is 0 Å². The number of piperidine rings is 1. The molecule has 6 nitrogen and oxygen atoms in total. The molecule has 1 unspecified atom stereocenters. The number of fused-ring (bicyclic) bond motifs is 1. The van der Waals surface area contributed by atoms with Gasteiger partial charge in [0.05, 0.1) is 0 Å². The number of hydrogen-bond donors (Lipinski definition) is 3. The average Bonchev–Trinajstić information content (AvgIpc) is 3.16. The van der Waals surface area contributed by atoms with Gasteiger partial charge in [-0.1, -0.05) is 24.3 Å². The third-order valence-electron chi connectivity index (χ3n) is 5.45. The Morgan fingerprint density at radius 1 is 1.07 bits per heavy atom. The Kier molecular flexibility index (Phi) is 5.97. The van der Waals surface area contributed by atoms with E-state index in [1.165, 1.54) is 18.2 Å². The van der Waals surface area contributed by atoms with Gasteiger partial charge in [0.15, 0.2) is 0 Å². The maximum Gasteiger partial charge on any atom is 0.319 e. The molecule has 1 aromatic heterocycles. The third-order valence-corrected chi connectivity index (χ3v) is 5.45. The standard InChI is InChI=1S/C23H25FN4O2/c24-17-7-6-8-18(14-17)26-23(30)27-21(22(29)28-11-4-1-5-12-28)13-16-15-25-20-10-3-2-9-19(16)20/h2-3,6-10,14-15,21,25H,1,4-5,11-13H2,(H2,26,27,30). The molecule has 1 aliphatic heterocycles. The normalized spacial score (nSPS) is 15.0. The van der Waals surface area contributed by atoms with Crippen molar-refractivity contribution in [2.75, 3.05) is 18.4 Å². The highest BCUT2D eigenvalue weighted by molar-refractivity contribution is 5.94. The number of likely N-dealkylation sites (tertiary alicyclic amines) is 1. The summed E-state index contributed by atoms with van der Waals surface area (Å²) < 4.78 is 13.4. The van der Waals surface area contributed by atoms with Gasteiger partial charge in [-0.3, -0.25) is 4.79 Å². The average molecular weight is 408 g/mol. The summed E-state index contributed by atoms with van der Waals surface area (Å²) in [4.78, 5) is 30.8. The summed E-state index contributed by atoms with van der Waals surface area (Å²) in [5, 5.41) is 6.46. The first-order valence-corrected chi connectivity index (χ1v) is 10.3. The molecule has 0 spiro atoms. The van der Waals surface area contributed by atoms with Gasteiger partial charge in [0.25, 0.3) is 0 Å². The summed E-state index contributed by atoms with van der Waals surface area (Å²) in [7, 11) is 0. The minimum Gasteiger partial charge on any atom is -0.361 e. The number of aromatic amines is 1. The monoisotopic (exact) mass is 408 g/mol. The van der Waals surface area contributed by atoms with E-state index in [0.29, 0.717) is 25.2 Å². The Morgan fingerprint density at radius 2 is 1.87 bits per heavy atom. The molecule has 0 saturated carbocycles. The van der Waals surface area contributed by atoms with E-state index in [1.54, 1.807) is 6.07 Å². The summed E-state index contributed by atoms with van der Waals surface area (Å²) in [6, 6.07) is 12.3. The fourth-order valence-electron chi connectivity index (χ4n) is 3.95. The molecule has 0 aliphatic carbocycles. The van der Waals surface area contributed by atoms with Crippen molar-refractivity contribution in [2.45, 2.75) is 31.7 Å². The lowest BCUT2D eigenvalue weighted by atomic mass is 10.0. The Bertz CT molecular complexity index is 1040. The van der Waals surface area contributed by atoms with Crippen LogP contribution in [0.3, 0.4) is 0 Å². The number of para-hydroxylation sites is 1. The highest BCUT2D eigenvalue weighted by Crippen LogP contribution is 2.20. The minimum absolute atomic E-state index is 0.0885. The van der Waals surface area contributed by atoms with Crippen molar-refractivity contribution in [3.63, 3.8) is 0 Å². The van der Waals surface area contributed by atoms with E-state index in [2.05, 4.69) is 15.6 Å². The van der Waals surface area contributed by atoms with Crippen LogP contribution >= 0.6 is 0 Å². The van der Waals surface area contributed by atoms with Crippen molar-refractivity contribution in [3.05, 3.63) is 66.1 Å². The number of nitrogens with one attached hydrogen (secondary N) is 3. The zero-order valence-corrected chi connectivity index (χ0v) is 16.7. The molecular weight excluding hydrogens is 383 g/mol. The van der Waals surface area contributed by atoms with Crippen LogP contribution in [-0.4, -0.2) is 41.0 Å². The van der Waals surface area contributed by atoms with Gasteiger partial charge in [0, 0.05) is 42.3 Å². The number of anilines is 1. The summed E-state index contributed by atoms with van der Waals surface area (Å²) in [5.74, 6) is -0.526. The molecule has 30 heavy (non-hydrogen) atoms. The Balaban J connectivity index is 1.53. The van der Waals surface area contributed by atoms with Crippen LogP contribution in [0.25, 0.3) is 10.9 Å². The molecule has 0 bridgehead atoms. The lowest BCUT2D eigenvalue weighted by molar-refractivity contribution is -0.134. The van der Waals surface area contributed by atoms with E-state index in [4.69, 9.17) is 0 Å². The maximum atomic E-state index is 13.4. The SMILES string of the molecule is O=C(Nc1cccc(F)c1)NC(Cc1c[nH]c2ccccc12)C(=O)N1CCCCC1. The van der Waals surface area contributed by atoms with Crippen molar-refractivity contribution in [2.24, 2.45) is 0 Å². The molecule has 2 aromatic carbocycles. The van der Waals surface area contributed by atoms with Gasteiger partial charge < -0.3 is 20.5 Å². The predicted molar refractivity (Wildman–Crippen MR) is 115 cm³/mol. The molecule has 3 aromatic rings. The Labute approximate surface area is 174 Å². The van der Waals surface area contributed by atoms with Crippen molar-refractivity contribution >= 4 is 28.5 Å². The summed E-state index contributed by atoms with van der Waals surface area (Å²) in [6.07, 6.45) is 5.32. The summed E-state index contributed by atoms with van der Waals surface area (Å²) in [5.41, 5.74) is 2.29. The second-order valence-corrected chi connectivity index (χ2v) is 7.61. The number of nitrogens with zero attached hydrogens (tertiary/aromatic N) is 1. The van der Waals surface area contributed by atoms with Crippen LogP contribution in [0.1, 0.15) is 24.8 Å². The van der Waals surface area contributed by atoms with Crippen LogP contribution < -0.4 is 10.6 Å². The van der Waals surface area contributed by atoms with Gasteiger partial charge >= 0.3 is 6.03 Å². The highest BCUT2D eigenvalue weighted by atomic mass is 19.1. The van der Waals surface area contributed by atoms with Crippen LogP contribution in [-0.2, 0) is 11.2 Å². The first kappa shape index (κ1) is 19.9. The molecule has 0 radical (unpaired) electrons. The maximum absolute atomic E-state index is 13.4. The topological polar surface area (TPSA) is 77.2 Å². The van der Waals surface area contributed by atoms with Gasteiger partial charge in [-0.05, 0) is 49.1 Å². The van der Waals surface area contributed by atoms with Gasteiger partial charge in [-0.15, -0.1) is 0 Å². The lowest BCUT2D eigenvalue weighted by Gasteiger charge is -2.30. The van der Waals surface area contributed by atoms with Gasteiger partial charge in [0.2, 0.25) is 5.91 Å². The number of carbonyl (C=O) groups excluding carboxylic acids is 2. The fraction of sp³-hybridized carbons (Fsp3) is 0.304. The number of hydrogen-bond acceptors (Lipinski definition) is 2. The molecular formula is C23H25FN4O2. The smallest absolute Gasteiger partial charge is 0.319 e. The van der Waals surface area contributed by atoms with Crippen molar-refractivity contribution in [1.29, 1.82) is 0 Å². The number of benzene rings is 2. The molecule has 3 amide bonds. The third kappa shape index (κ3) is 4.62. The second-order valence-electron chi connectivity index (χ2n) is 7.61. The molecule has 156 valence electrons. The van der Waals surface area contributed by atoms with Crippen molar-refractivity contribution < 1.29 is 14.0 Å². The predicted octanol–water partition coefficient (Wildman–Crippen LogP) is 4.05. The molecule has 1 fully saturated rings. The zero-order valence-electron chi connectivity index (χ0n) is 16.7. The largest absolute Gasteiger partial charge is 0.361 e. The number of H-pyrrole nitrogens is 1. The molecule has 4 rings (SSSR count). The highest BCUT2D eigenvalue weighted by Gasteiger charge is 2.28. The second kappa shape index (κ2) is 8.98. The Hall–Kier alpha value is -3.35. The molecule has 1 atom stereocenters. The summed E-state index contributed by atoms with van der Waals surface area (Å²) >= 11 is 0. The lowest BCUT2D eigenvalue weighted by Crippen LogP contribution is -2.52. The van der Waals surface area contributed by atoms with Crippen LogP contribution in [0.5, 0.6) is 0 Å². The first-order valence-electron chi connectivity index (χ1n) is 10.3. The van der Waals surface area contributed by atoms with Crippen LogP contribution in [0.15, 0.2) is 54.7 Å². The van der Waals surface area contributed by atoms with Gasteiger partial charge in [-0.2, -0.15) is 0 Å². The Morgan fingerprint density at radius 3 is 2.67 bits per heavy atom. The number of aromatic nitrogens is 1.